The average molecular weight is 127 g/mol. The first-order chi connectivity index (χ1) is 4.47. The van der Waals surface area contributed by atoms with E-state index in [1.807, 2.05) is 0 Å². The lowest BCUT2D eigenvalue weighted by Gasteiger charge is -2.20. The van der Waals surface area contributed by atoms with E-state index in [2.05, 4.69) is 5.32 Å². The predicted octanol–water partition coefficient (Wildman–Crippen LogP) is 0.385. The first-order valence-electron chi connectivity index (χ1n) is 3.78. The van der Waals surface area contributed by atoms with Crippen molar-refractivity contribution in [2.75, 3.05) is 19.8 Å². The molecule has 0 saturated carbocycles. The van der Waals surface area contributed by atoms with Gasteiger partial charge in [0, 0.05) is 25.8 Å². The lowest BCUT2D eigenvalue weighted by atomic mass is 9.97. The molecule has 1 unspecified atom stereocenters. The third-order valence-electron chi connectivity index (χ3n) is 2.27. The van der Waals surface area contributed by atoms with E-state index in [4.69, 9.17) is 4.74 Å². The molecule has 0 aromatic rings. The molecule has 1 atom stereocenters. The molecule has 0 radical (unpaired) electrons. The van der Waals surface area contributed by atoms with Crippen molar-refractivity contribution in [3.8, 4) is 0 Å². The van der Waals surface area contributed by atoms with Gasteiger partial charge in [-0.15, -0.1) is 0 Å². The molecule has 0 aliphatic carbocycles. The van der Waals surface area contributed by atoms with E-state index in [1.54, 1.807) is 0 Å². The van der Waals surface area contributed by atoms with Gasteiger partial charge in [0.05, 0.1) is 0 Å². The summed E-state index contributed by atoms with van der Waals surface area (Å²) in [5, 5.41) is 3.35. The number of hydrogen-bond donors (Lipinski definition) is 1. The molecule has 2 aliphatic heterocycles. The van der Waals surface area contributed by atoms with E-state index < -0.39 is 0 Å². The Kier molecular flexibility index (Phi) is 1.44. The van der Waals surface area contributed by atoms with E-state index >= 15 is 0 Å². The van der Waals surface area contributed by atoms with Crippen molar-refractivity contribution in [2.24, 2.45) is 5.92 Å². The highest BCUT2D eigenvalue weighted by atomic mass is 16.5. The van der Waals surface area contributed by atoms with Gasteiger partial charge >= 0.3 is 0 Å². The van der Waals surface area contributed by atoms with Gasteiger partial charge in [0.15, 0.2) is 0 Å². The van der Waals surface area contributed by atoms with Gasteiger partial charge in [-0.05, 0) is 18.8 Å². The second-order valence-electron chi connectivity index (χ2n) is 2.96. The Morgan fingerprint density at radius 3 is 2.44 bits per heavy atom. The maximum absolute atomic E-state index is 5.25. The van der Waals surface area contributed by atoms with Crippen LogP contribution in [0.2, 0.25) is 0 Å². The second kappa shape index (κ2) is 2.27. The predicted molar refractivity (Wildman–Crippen MR) is 35.3 cm³/mol. The average Bonchev–Trinajstić information content (AvgIpc) is 2.71. The first kappa shape index (κ1) is 5.69. The highest BCUT2D eigenvalue weighted by Crippen LogP contribution is 2.22. The van der Waals surface area contributed by atoms with Crippen molar-refractivity contribution in [2.45, 2.75) is 18.9 Å². The number of hydrogen-bond acceptors (Lipinski definition) is 2. The van der Waals surface area contributed by atoms with E-state index in [0.29, 0.717) is 0 Å². The van der Waals surface area contributed by atoms with Gasteiger partial charge in [-0.2, -0.15) is 0 Å². The minimum atomic E-state index is 0.855. The molecule has 2 heterocycles. The molecule has 0 amide bonds. The molecular formula is C7H13NO. The Balaban J connectivity index is 1.80. The topological polar surface area (TPSA) is 31.2 Å². The van der Waals surface area contributed by atoms with Crippen LogP contribution in [0, 0.1) is 5.92 Å². The zero-order valence-electron chi connectivity index (χ0n) is 5.60. The fourth-order valence-corrected chi connectivity index (χ4v) is 1.52. The van der Waals surface area contributed by atoms with Crippen LogP contribution in [0.4, 0.5) is 0 Å². The minimum absolute atomic E-state index is 0.855. The summed E-state index contributed by atoms with van der Waals surface area (Å²) in [6, 6.07) is 0.855. The van der Waals surface area contributed by atoms with Crippen LogP contribution in [0.15, 0.2) is 0 Å². The van der Waals surface area contributed by atoms with Gasteiger partial charge in [0.1, 0.15) is 0 Å². The van der Waals surface area contributed by atoms with E-state index in [9.17, 15) is 0 Å². The van der Waals surface area contributed by atoms with E-state index in [1.165, 1.54) is 19.4 Å². The Morgan fingerprint density at radius 2 is 1.89 bits per heavy atom. The second-order valence-corrected chi connectivity index (χ2v) is 2.96. The monoisotopic (exact) mass is 127 g/mol. The third kappa shape index (κ3) is 1.25. The molecule has 0 bridgehead atoms. The summed E-state index contributed by atoms with van der Waals surface area (Å²) in [5.41, 5.74) is 0. The molecule has 2 rings (SSSR count). The zero-order chi connectivity index (χ0) is 6.10. The summed E-state index contributed by atoms with van der Waals surface area (Å²) in [4.78, 5) is 0. The van der Waals surface area contributed by atoms with Gasteiger partial charge in [0.2, 0.25) is 0 Å². The maximum atomic E-state index is 5.25. The van der Waals surface area contributed by atoms with Crippen LogP contribution < -0.4 is 5.32 Å². The molecule has 2 heteroatoms. The summed E-state index contributed by atoms with van der Waals surface area (Å²) in [6.45, 7) is 3.23. The van der Waals surface area contributed by atoms with Crippen molar-refractivity contribution >= 4 is 0 Å². The molecule has 0 spiro atoms. The first-order valence-corrected chi connectivity index (χ1v) is 3.78. The van der Waals surface area contributed by atoms with Gasteiger partial charge in [0.25, 0.3) is 0 Å². The van der Waals surface area contributed by atoms with Crippen LogP contribution in [0.1, 0.15) is 12.8 Å². The summed E-state index contributed by atoms with van der Waals surface area (Å²) >= 11 is 0. The summed E-state index contributed by atoms with van der Waals surface area (Å²) in [7, 11) is 0. The van der Waals surface area contributed by atoms with Gasteiger partial charge in [-0.1, -0.05) is 0 Å². The van der Waals surface area contributed by atoms with Crippen LogP contribution in [-0.2, 0) is 4.74 Å². The lowest BCUT2D eigenvalue weighted by Crippen LogP contribution is -2.21. The largest absolute Gasteiger partial charge is 0.381 e. The minimum Gasteiger partial charge on any atom is -0.381 e. The van der Waals surface area contributed by atoms with Gasteiger partial charge < -0.3 is 10.1 Å². The number of rotatable bonds is 1. The SMILES string of the molecule is C1CC(C2CN2)CCO1. The van der Waals surface area contributed by atoms with Gasteiger partial charge in [-0.3, -0.25) is 0 Å². The Labute approximate surface area is 55.6 Å². The summed E-state index contributed by atoms with van der Waals surface area (Å²) in [6.07, 6.45) is 2.55. The van der Waals surface area contributed by atoms with Crippen molar-refractivity contribution in [1.82, 2.24) is 5.32 Å². The Morgan fingerprint density at radius 1 is 1.22 bits per heavy atom. The smallest absolute Gasteiger partial charge is 0.0469 e. The normalized spacial score (nSPS) is 36.7. The Hall–Kier alpha value is -0.0800. The molecule has 0 aromatic carbocycles. The van der Waals surface area contributed by atoms with Crippen LogP contribution in [0.25, 0.3) is 0 Å². The zero-order valence-corrected chi connectivity index (χ0v) is 5.60. The van der Waals surface area contributed by atoms with Crippen LogP contribution >= 0.6 is 0 Å². The van der Waals surface area contributed by atoms with Crippen molar-refractivity contribution in [3.05, 3.63) is 0 Å². The molecule has 2 fully saturated rings. The highest BCUT2D eigenvalue weighted by Gasteiger charge is 2.31. The van der Waals surface area contributed by atoms with Crippen molar-refractivity contribution in [3.63, 3.8) is 0 Å². The quantitative estimate of drug-likeness (QED) is 0.516. The molecule has 9 heavy (non-hydrogen) atoms. The fourth-order valence-electron chi connectivity index (χ4n) is 1.52. The summed E-state index contributed by atoms with van der Waals surface area (Å²) < 4.78 is 5.25. The molecular weight excluding hydrogens is 114 g/mol. The van der Waals surface area contributed by atoms with Crippen LogP contribution in [0.5, 0.6) is 0 Å². The molecule has 52 valence electrons. The molecule has 0 aromatic heterocycles. The molecule has 2 nitrogen and oxygen atoms in total. The molecule has 1 N–H and O–H groups in total. The molecule has 2 saturated heterocycles. The van der Waals surface area contributed by atoms with E-state index in [0.717, 1.165) is 25.2 Å². The fraction of sp³-hybridized carbons (Fsp3) is 1.00. The van der Waals surface area contributed by atoms with Crippen molar-refractivity contribution < 1.29 is 4.74 Å². The maximum Gasteiger partial charge on any atom is 0.0469 e. The lowest BCUT2D eigenvalue weighted by molar-refractivity contribution is 0.0661. The standard InChI is InChI=1S/C7H13NO/c1-3-9-4-2-6(1)7-5-8-7/h6-8H,1-5H2. The van der Waals surface area contributed by atoms with E-state index in [-0.39, 0.29) is 0 Å². The van der Waals surface area contributed by atoms with Crippen LogP contribution in [-0.4, -0.2) is 25.8 Å². The highest BCUT2D eigenvalue weighted by molar-refractivity contribution is 4.90. The van der Waals surface area contributed by atoms with Crippen molar-refractivity contribution in [1.29, 1.82) is 0 Å². The van der Waals surface area contributed by atoms with Gasteiger partial charge in [-0.25, -0.2) is 0 Å². The number of ether oxygens (including phenoxy) is 1. The summed E-state index contributed by atoms with van der Waals surface area (Å²) in [5.74, 6) is 0.929. The Bertz CT molecular complexity index is 95.1. The number of nitrogens with one attached hydrogen (secondary N) is 1. The molecule has 2 aliphatic rings. The van der Waals surface area contributed by atoms with Crippen LogP contribution in [0.3, 0.4) is 0 Å². The third-order valence-corrected chi connectivity index (χ3v) is 2.27.